The molecule has 160 valence electrons. The van der Waals surface area contributed by atoms with Crippen LogP contribution in [0.4, 0.5) is 24.5 Å². The van der Waals surface area contributed by atoms with Crippen molar-refractivity contribution in [3.05, 3.63) is 54.0 Å². The van der Waals surface area contributed by atoms with Gasteiger partial charge in [-0.3, -0.25) is 18.9 Å². The van der Waals surface area contributed by atoms with E-state index in [1.807, 2.05) is 0 Å². The summed E-state index contributed by atoms with van der Waals surface area (Å²) in [5.74, 6) is -2.23. The first kappa shape index (κ1) is 20.3. The fourth-order valence-electron chi connectivity index (χ4n) is 3.11. The summed E-state index contributed by atoms with van der Waals surface area (Å²) in [7, 11) is 0. The number of esters is 1. The lowest BCUT2D eigenvalue weighted by molar-refractivity contribution is -0.137. The summed E-state index contributed by atoms with van der Waals surface area (Å²) in [6, 6.07) is 5.63. The van der Waals surface area contributed by atoms with E-state index in [4.69, 9.17) is 4.74 Å². The van der Waals surface area contributed by atoms with E-state index in [9.17, 15) is 27.6 Å². The average molecular weight is 433 g/mol. The zero-order chi connectivity index (χ0) is 22.3. The number of benzene rings is 1. The molecule has 1 aromatic carbocycles. The summed E-state index contributed by atoms with van der Waals surface area (Å²) >= 11 is 0. The van der Waals surface area contributed by atoms with Crippen molar-refractivity contribution in [3.8, 4) is 0 Å². The third-order valence-electron chi connectivity index (χ3n) is 4.61. The molecule has 1 unspecified atom stereocenters. The van der Waals surface area contributed by atoms with E-state index in [-0.39, 0.29) is 16.9 Å². The summed E-state index contributed by atoms with van der Waals surface area (Å²) < 4.78 is 45.6. The van der Waals surface area contributed by atoms with Gasteiger partial charge in [-0.05, 0) is 37.3 Å². The topological polar surface area (TPSA) is 106 Å². The van der Waals surface area contributed by atoms with Gasteiger partial charge in [-0.15, -0.1) is 10.2 Å². The predicted molar refractivity (Wildman–Crippen MR) is 100 cm³/mol. The second-order valence-electron chi connectivity index (χ2n) is 6.76. The number of rotatable bonds is 3. The van der Waals surface area contributed by atoms with Gasteiger partial charge in [0.2, 0.25) is 5.91 Å². The van der Waals surface area contributed by atoms with Crippen LogP contribution in [0.25, 0.3) is 5.65 Å². The number of nitrogens with one attached hydrogen (secondary N) is 1. The van der Waals surface area contributed by atoms with Crippen LogP contribution in [0.5, 0.6) is 0 Å². The van der Waals surface area contributed by atoms with E-state index in [0.29, 0.717) is 5.65 Å². The predicted octanol–water partition coefficient (Wildman–Crippen LogP) is 2.28. The number of carbonyl (C=O) groups is 3. The molecule has 0 saturated heterocycles. The summed E-state index contributed by atoms with van der Waals surface area (Å²) in [5, 5.41) is 9.83. The monoisotopic (exact) mass is 433 g/mol. The molecule has 2 amide bonds. The molecule has 1 aliphatic heterocycles. The van der Waals surface area contributed by atoms with Gasteiger partial charge in [0.05, 0.1) is 22.5 Å². The Morgan fingerprint density at radius 3 is 2.74 bits per heavy atom. The number of halogens is 3. The molecule has 31 heavy (non-hydrogen) atoms. The Labute approximate surface area is 172 Å². The summed E-state index contributed by atoms with van der Waals surface area (Å²) in [4.78, 5) is 38.2. The first-order valence-corrected chi connectivity index (χ1v) is 8.96. The molecule has 1 atom stereocenters. The molecule has 4 rings (SSSR count). The van der Waals surface area contributed by atoms with Crippen LogP contribution in [0.3, 0.4) is 0 Å². The number of alkyl halides is 3. The second-order valence-corrected chi connectivity index (χ2v) is 6.76. The standard InChI is InChI=1S/C19H14F3N5O4/c1-10(31-18(30)11-2-5-15-25-23-9-26(15)7-11)17(29)27-8-16(28)24-13-6-12(19(20,21)22)3-4-14(13)27/h2-7,9-10H,8H2,1H3,(H,24,28). The van der Waals surface area contributed by atoms with Crippen LogP contribution in [-0.4, -0.2) is 45.0 Å². The van der Waals surface area contributed by atoms with Crippen molar-refractivity contribution in [1.82, 2.24) is 14.6 Å². The first-order valence-electron chi connectivity index (χ1n) is 8.96. The van der Waals surface area contributed by atoms with Crippen molar-refractivity contribution < 1.29 is 32.3 Å². The van der Waals surface area contributed by atoms with Crippen LogP contribution in [0.1, 0.15) is 22.8 Å². The number of carbonyl (C=O) groups excluding carboxylic acids is 3. The Morgan fingerprint density at radius 1 is 1.23 bits per heavy atom. The van der Waals surface area contributed by atoms with Crippen LogP contribution in [0.15, 0.2) is 42.9 Å². The quantitative estimate of drug-likeness (QED) is 0.636. The van der Waals surface area contributed by atoms with E-state index >= 15 is 0 Å². The normalized spacial score (nSPS) is 14.7. The fourth-order valence-corrected chi connectivity index (χ4v) is 3.11. The number of pyridine rings is 1. The fraction of sp³-hybridized carbons (Fsp3) is 0.211. The molecule has 0 bridgehead atoms. The lowest BCUT2D eigenvalue weighted by atomic mass is 10.1. The number of anilines is 2. The number of aromatic nitrogens is 3. The Kier molecular flexibility index (Phi) is 4.84. The van der Waals surface area contributed by atoms with Crippen molar-refractivity contribution in [3.63, 3.8) is 0 Å². The number of hydrogen-bond acceptors (Lipinski definition) is 6. The van der Waals surface area contributed by atoms with Crippen LogP contribution >= 0.6 is 0 Å². The van der Waals surface area contributed by atoms with Gasteiger partial charge in [0.15, 0.2) is 11.8 Å². The van der Waals surface area contributed by atoms with E-state index in [1.165, 1.54) is 29.9 Å². The minimum atomic E-state index is -4.61. The maximum Gasteiger partial charge on any atom is 0.416 e. The smallest absolute Gasteiger partial charge is 0.416 e. The largest absolute Gasteiger partial charge is 0.449 e. The number of amides is 2. The van der Waals surface area contributed by atoms with Crippen LogP contribution in [0.2, 0.25) is 0 Å². The van der Waals surface area contributed by atoms with Crippen molar-refractivity contribution in [1.29, 1.82) is 0 Å². The highest BCUT2D eigenvalue weighted by atomic mass is 19.4. The molecule has 0 fully saturated rings. The lowest BCUT2D eigenvalue weighted by Crippen LogP contribution is -2.47. The Hall–Kier alpha value is -3.96. The van der Waals surface area contributed by atoms with Crippen molar-refractivity contribution in [2.75, 3.05) is 16.8 Å². The lowest BCUT2D eigenvalue weighted by Gasteiger charge is -2.31. The molecular formula is C19H14F3N5O4. The highest BCUT2D eigenvalue weighted by Gasteiger charge is 2.35. The van der Waals surface area contributed by atoms with Crippen molar-refractivity contribution in [2.45, 2.75) is 19.2 Å². The van der Waals surface area contributed by atoms with Crippen molar-refractivity contribution in [2.24, 2.45) is 0 Å². The zero-order valence-corrected chi connectivity index (χ0v) is 15.9. The van der Waals surface area contributed by atoms with Gasteiger partial charge in [0, 0.05) is 6.20 Å². The highest BCUT2D eigenvalue weighted by Crippen LogP contribution is 2.37. The number of ether oxygens (including phenoxy) is 1. The molecule has 0 aliphatic carbocycles. The van der Waals surface area contributed by atoms with Crippen molar-refractivity contribution >= 4 is 34.8 Å². The molecule has 1 aliphatic rings. The van der Waals surface area contributed by atoms with Crippen LogP contribution in [0, 0.1) is 0 Å². The summed E-state index contributed by atoms with van der Waals surface area (Å²) in [5.41, 5.74) is -0.402. The maximum atomic E-state index is 13.0. The molecule has 2 aromatic heterocycles. The molecule has 0 spiro atoms. The average Bonchev–Trinajstić information content (AvgIpc) is 3.19. The van der Waals surface area contributed by atoms with Gasteiger partial charge in [0.1, 0.15) is 12.9 Å². The Morgan fingerprint density at radius 2 is 2.00 bits per heavy atom. The Balaban J connectivity index is 1.54. The van der Waals surface area contributed by atoms with Crippen LogP contribution < -0.4 is 10.2 Å². The van der Waals surface area contributed by atoms with Crippen LogP contribution in [-0.2, 0) is 20.5 Å². The number of fused-ring (bicyclic) bond motifs is 2. The minimum absolute atomic E-state index is 0.0754. The minimum Gasteiger partial charge on any atom is -0.449 e. The van der Waals surface area contributed by atoms with E-state index in [0.717, 1.165) is 23.1 Å². The highest BCUT2D eigenvalue weighted by molar-refractivity contribution is 6.11. The van der Waals surface area contributed by atoms with Gasteiger partial charge in [0.25, 0.3) is 5.91 Å². The molecule has 9 nitrogen and oxygen atoms in total. The molecular weight excluding hydrogens is 419 g/mol. The van der Waals surface area contributed by atoms with Gasteiger partial charge >= 0.3 is 12.1 Å². The van der Waals surface area contributed by atoms with E-state index in [1.54, 1.807) is 6.07 Å². The third-order valence-corrected chi connectivity index (χ3v) is 4.61. The first-order chi connectivity index (χ1) is 14.6. The molecule has 0 saturated carbocycles. The van der Waals surface area contributed by atoms with Gasteiger partial charge < -0.3 is 10.1 Å². The Bertz CT molecular complexity index is 1210. The van der Waals surface area contributed by atoms with E-state index < -0.39 is 42.2 Å². The van der Waals surface area contributed by atoms with E-state index in [2.05, 4.69) is 15.5 Å². The zero-order valence-electron chi connectivity index (χ0n) is 15.9. The molecule has 3 heterocycles. The maximum absolute atomic E-state index is 13.0. The third kappa shape index (κ3) is 3.91. The molecule has 12 heteroatoms. The SMILES string of the molecule is CC(OC(=O)c1ccc2nncn2c1)C(=O)N1CC(=O)Nc2cc(C(F)(F)F)ccc21. The summed E-state index contributed by atoms with van der Waals surface area (Å²) in [6.07, 6.45) is -3.10. The number of nitrogens with zero attached hydrogens (tertiary/aromatic N) is 4. The van der Waals surface area contributed by atoms with Gasteiger partial charge in [-0.2, -0.15) is 13.2 Å². The summed E-state index contributed by atoms with van der Waals surface area (Å²) in [6.45, 7) is 0.888. The second kappa shape index (κ2) is 7.38. The molecule has 3 aromatic rings. The van der Waals surface area contributed by atoms with Gasteiger partial charge in [-0.1, -0.05) is 0 Å². The molecule has 1 N–H and O–H groups in total. The molecule has 0 radical (unpaired) electrons. The van der Waals surface area contributed by atoms with Gasteiger partial charge in [-0.25, -0.2) is 4.79 Å². The number of hydrogen-bond donors (Lipinski definition) is 1.